The summed E-state index contributed by atoms with van der Waals surface area (Å²) < 4.78 is 27.8. The molecule has 1 aliphatic carbocycles. The quantitative estimate of drug-likeness (QED) is 0.509. The van der Waals surface area contributed by atoms with E-state index in [9.17, 15) is 18.0 Å². The number of nitrogens with one attached hydrogen (secondary N) is 2. The van der Waals surface area contributed by atoms with E-state index in [4.69, 9.17) is 0 Å². The van der Waals surface area contributed by atoms with Crippen LogP contribution in [-0.2, 0) is 14.8 Å². The van der Waals surface area contributed by atoms with Gasteiger partial charge in [-0.05, 0) is 69.2 Å². The molecule has 1 atom stereocenters. The molecule has 35 heavy (non-hydrogen) atoms. The minimum Gasteiger partial charge on any atom is -0.325 e. The standard InChI is InChI=1S/C26H25N3O4S2/c1-16-7-12-20(13-8-16)35(32,33)28-17(2)25(30)27-18-9-14-22-24(15-18)34-23-6-4-3-5-21(23)26(31)29(22)19-10-11-19/h3-9,12-15,17,19,28H,10-11H2,1-2H3,(H,27,30)/t17-/m0/s1. The topological polar surface area (TPSA) is 95.6 Å². The van der Waals surface area contributed by atoms with Crippen molar-refractivity contribution >= 4 is 45.0 Å². The third-order valence-corrected chi connectivity index (χ3v) is 8.69. The van der Waals surface area contributed by atoms with Crippen LogP contribution in [-0.4, -0.2) is 32.3 Å². The van der Waals surface area contributed by atoms with Crippen molar-refractivity contribution in [3.63, 3.8) is 0 Å². The third kappa shape index (κ3) is 4.84. The fourth-order valence-corrected chi connectivity index (χ4v) is 6.29. The van der Waals surface area contributed by atoms with E-state index in [2.05, 4.69) is 10.0 Å². The highest BCUT2D eigenvalue weighted by Gasteiger charge is 2.38. The Kier molecular flexibility index (Phi) is 6.16. The summed E-state index contributed by atoms with van der Waals surface area (Å²) in [5.74, 6) is -0.486. The van der Waals surface area contributed by atoms with Gasteiger partial charge in [0, 0.05) is 21.5 Å². The van der Waals surface area contributed by atoms with Crippen LogP contribution in [0, 0.1) is 6.92 Å². The molecular weight excluding hydrogens is 482 g/mol. The second kappa shape index (κ2) is 9.14. The van der Waals surface area contributed by atoms with Crippen LogP contribution in [0.15, 0.2) is 81.4 Å². The number of anilines is 2. The smallest absolute Gasteiger partial charge is 0.259 e. The van der Waals surface area contributed by atoms with E-state index in [-0.39, 0.29) is 16.8 Å². The lowest BCUT2D eigenvalue weighted by atomic mass is 10.1. The Hall–Kier alpha value is -3.14. The highest BCUT2D eigenvalue weighted by atomic mass is 32.2. The molecule has 1 saturated carbocycles. The largest absolute Gasteiger partial charge is 0.325 e. The maximum absolute atomic E-state index is 13.3. The molecule has 0 bridgehead atoms. The fraction of sp³-hybridized carbons (Fsp3) is 0.231. The lowest BCUT2D eigenvalue weighted by Gasteiger charge is -2.23. The zero-order chi connectivity index (χ0) is 24.7. The first-order valence-corrected chi connectivity index (χ1v) is 13.7. The van der Waals surface area contributed by atoms with Crippen molar-refractivity contribution in [2.24, 2.45) is 0 Å². The van der Waals surface area contributed by atoms with Gasteiger partial charge >= 0.3 is 0 Å². The Morgan fingerprint density at radius 2 is 1.74 bits per heavy atom. The van der Waals surface area contributed by atoms with Crippen LogP contribution in [0.2, 0.25) is 0 Å². The Balaban J connectivity index is 1.37. The summed E-state index contributed by atoms with van der Waals surface area (Å²) in [5.41, 5.74) is 2.97. The van der Waals surface area contributed by atoms with Gasteiger partial charge in [0.05, 0.1) is 22.2 Å². The molecule has 3 aromatic carbocycles. The average Bonchev–Trinajstić information content (AvgIpc) is 3.66. The van der Waals surface area contributed by atoms with E-state index < -0.39 is 22.0 Å². The molecular formula is C26H25N3O4S2. The monoisotopic (exact) mass is 507 g/mol. The molecule has 2 N–H and O–H groups in total. The minimum absolute atomic E-state index is 0.00901. The molecule has 0 radical (unpaired) electrons. The van der Waals surface area contributed by atoms with Crippen LogP contribution in [0.1, 0.15) is 35.7 Å². The normalized spacial score (nSPS) is 16.2. The molecule has 2 aliphatic rings. The molecule has 0 spiro atoms. The number of fused-ring (bicyclic) bond motifs is 2. The van der Waals surface area contributed by atoms with Crippen LogP contribution >= 0.6 is 11.8 Å². The molecule has 180 valence electrons. The lowest BCUT2D eigenvalue weighted by molar-refractivity contribution is -0.117. The molecule has 3 aromatic rings. The van der Waals surface area contributed by atoms with Gasteiger partial charge in [0.15, 0.2) is 0 Å². The van der Waals surface area contributed by atoms with E-state index in [0.29, 0.717) is 11.3 Å². The second-order valence-corrected chi connectivity index (χ2v) is 11.6. The summed E-state index contributed by atoms with van der Waals surface area (Å²) in [6.45, 7) is 3.38. The number of aryl methyl sites for hydroxylation is 1. The molecule has 0 saturated heterocycles. The molecule has 1 aliphatic heterocycles. The molecule has 7 nitrogen and oxygen atoms in total. The van der Waals surface area contributed by atoms with Crippen LogP contribution in [0.5, 0.6) is 0 Å². The summed E-state index contributed by atoms with van der Waals surface area (Å²) in [6.07, 6.45) is 1.93. The number of hydrogen-bond donors (Lipinski definition) is 2. The predicted molar refractivity (Wildman–Crippen MR) is 136 cm³/mol. The molecule has 1 fully saturated rings. The first-order valence-electron chi connectivity index (χ1n) is 11.4. The van der Waals surface area contributed by atoms with Crippen LogP contribution < -0.4 is 14.9 Å². The van der Waals surface area contributed by atoms with Gasteiger partial charge in [0.2, 0.25) is 15.9 Å². The van der Waals surface area contributed by atoms with Gasteiger partial charge in [-0.2, -0.15) is 4.72 Å². The predicted octanol–water partition coefficient (Wildman–Crippen LogP) is 4.57. The fourth-order valence-electron chi connectivity index (χ4n) is 3.98. The number of hydrogen-bond acceptors (Lipinski definition) is 5. The number of amides is 2. The zero-order valence-electron chi connectivity index (χ0n) is 19.3. The van der Waals surface area contributed by atoms with E-state index in [1.165, 1.54) is 30.8 Å². The van der Waals surface area contributed by atoms with Gasteiger partial charge in [-0.15, -0.1) is 0 Å². The maximum atomic E-state index is 13.3. The van der Waals surface area contributed by atoms with Crippen molar-refractivity contribution in [2.45, 2.75) is 53.5 Å². The van der Waals surface area contributed by atoms with Gasteiger partial charge < -0.3 is 10.2 Å². The van der Waals surface area contributed by atoms with E-state index in [0.717, 1.165) is 33.9 Å². The SMILES string of the molecule is Cc1ccc(S(=O)(=O)N[C@@H](C)C(=O)Nc2ccc3c(c2)Sc2ccccc2C(=O)N3C2CC2)cc1. The van der Waals surface area contributed by atoms with Crippen LogP contribution in [0.3, 0.4) is 0 Å². The van der Waals surface area contributed by atoms with Crippen molar-refractivity contribution in [1.29, 1.82) is 0 Å². The van der Waals surface area contributed by atoms with Gasteiger partial charge in [-0.1, -0.05) is 41.6 Å². The Morgan fingerprint density at radius 1 is 1.03 bits per heavy atom. The van der Waals surface area contributed by atoms with Crippen molar-refractivity contribution in [3.8, 4) is 0 Å². The van der Waals surface area contributed by atoms with Crippen LogP contribution in [0.4, 0.5) is 11.4 Å². The highest BCUT2D eigenvalue weighted by molar-refractivity contribution is 7.99. The first kappa shape index (κ1) is 23.6. The van der Waals surface area contributed by atoms with Crippen molar-refractivity contribution in [2.75, 3.05) is 10.2 Å². The number of benzene rings is 3. The van der Waals surface area contributed by atoms with Crippen molar-refractivity contribution in [3.05, 3.63) is 77.9 Å². The third-order valence-electron chi connectivity index (χ3n) is 6.01. The minimum atomic E-state index is -3.84. The number of nitrogens with zero attached hydrogens (tertiary/aromatic N) is 1. The lowest BCUT2D eigenvalue weighted by Crippen LogP contribution is -2.41. The van der Waals surface area contributed by atoms with E-state index >= 15 is 0 Å². The molecule has 0 aromatic heterocycles. The molecule has 2 amide bonds. The number of carbonyl (C=O) groups excluding carboxylic acids is 2. The summed E-state index contributed by atoms with van der Waals surface area (Å²) in [5, 5.41) is 2.81. The Labute approximate surface area is 209 Å². The van der Waals surface area contributed by atoms with Gasteiger partial charge in [0.1, 0.15) is 0 Å². The summed E-state index contributed by atoms with van der Waals surface area (Å²) in [4.78, 5) is 29.8. The summed E-state index contributed by atoms with van der Waals surface area (Å²) in [7, 11) is -3.84. The van der Waals surface area contributed by atoms with Gasteiger partial charge in [-0.3, -0.25) is 9.59 Å². The molecule has 1 heterocycles. The van der Waals surface area contributed by atoms with E-state index in [1.807, 2.05) is 48.2 Å². The summed E-state index contributed by atoms with van der Waals surface area (Å²) >= 11 is 1.49. The van der Waals surface area contributed by atoms with Gasteiger partial charge in [-0.25, -0.2) is 8.42 Å². The highest BCUT2D eigenvalue weighted by Crippen LogP contribution is 2.46. The second-order valence-electron chi connectivity index (χ2n) is 8.83. The van der Waals surface area contributed by atoms with Crippen LogP contribution in [0.25, 0.3) is 0 Å². The van der Waals surface area contributed by atoms with Gasteiger partial charge in [0.25, 0.3) is 5.91 Å². The molecule has 9 heteroatoms. The Bertz CT molecular complexity index is 1420. The van der Waals surface area contributed by atoms with E-state index in [1.54, 1.807) is 18.2 Å². The number of sulfonamides is 1. The zero-order valence-corrected chi connectivity index (χ0v) is 20.9. The average molecular weight is 508 g/mol. The molecule has 0 unspecified atom stereocenters. The maximum Gasteiger partial charge on any atom is 0.259 e. The summed E-state index contributed by atoms with van der Waals surface area (Å²) in [6, 6.07) is 18.6. The van der Waals surface area contributed by atoms with Crippen molar-refractivity contribution in [1.82, 2.24) is 4.72 Å². The first-order chi connectivity index (χ1) is 16.7. The Morgan fingerprint density at radius 3 is 2.46 bits per heavy atom. The van der Waals surface area contributed by atoms with Crippen molar-refractivity contribution < 1.29 is 18.0 Å². The number of rotatable bonds is 6. The molecule has 5 rings (SSSR count). The number of carbonyl (C=O) groups is 2.